The Kier molecular flexibility index (Phi) is 4.64. The quantitative estimate of drug-likeness (QED) is 0.834. The van der Waals surface area contributed by atoms with Gasteiger partial charge in [-0.25, -0.2) is 8.78 Å². The van der Waals surface area contributed by atoms with E-state index < -0.39 is 17.5 Å². The molecule has 0 saturated heterocycles. The lowest BCUT2D eigenvalue weighted by Gasteiger charge is -2.06. The third kappa shape index (κ3) is 3.65. The van der Waals surface area contributed by atoms with Crippen LogP contribution in [0.4, 0.5) is 14.5 Å². The van der Waals surface area contributed by atoms with Crippen LogP contribution in [0.3, 0.4) is 0 Å². The van der Waals surface area contributed by atoms with E-state index in [1.54, 1.807) is 24.3 Å². The molecule has 0 aliphatic carbocycles. The topological polar surface area (TPSA) is 55.1 Å². The first-order valence-corrected chi connectivity index (χ1v) is 6.16. The highest BCUT2D eigenvalue weighted by molar-refractivity contribution is 6.04. The second-order valence-electron chi connectivity index (χ2n) is 4.14. The number of benzene rings is 2. The van der Waals surface area contributed by atoms with E-state index in [9.17, 15) is 13.6 Å². The summed E-state index contributed by atoms with van der Waals surface area (Å²) < 4.78 is 26.6. The smallest absolute Gasteiger partial charge is 0.258 e. The number of anilines is 1. The Morgan fingerprint density at radius 3 is 2.71 bits per heavy atom. The molecule has 2 aromatic carbocycles. The second-order valence-corrected chi connectivity index (χ2v) is 4.14. The van der Waals surface area contributed by atoms with Gasteiger partial charge in [0, 0.05) is 11.3 Å². The first kappa shape index (κ1) is 14.7. The van der Waals surface area contributed by atoms with Gasteiger partial charge in [-0.1, -0.05) is 24.0 Å². The molecule has 3 nitrogen and oxygen atoms in total. The van der Waals surface area contributed by atoms with Crippen LogP contribution in [0.1, 0.15) is 15.9 Å². The molecule has 0 aromatic heterocycles. The van der Waals surface area contributed by atoms with Gasteiger partial charge >= 0.3 is 0 Å². The minimum atomic E-state index is -1.17. The second kappa shape index (κ2) is 6.64. The van der Waals surface area contributed by atoms with Gasteiger partial charge in [0.25, 0.3) is 5.91 Å². The van der Waals surface area contributed by atoms with Crippen molar-refractivity contribution in [3.05, 3.63) is 65.2 Å². The van der Waals surface area contributed by atoms with Crippen LogP contribution >= 0.6 is 0 Å². The van der Waals surface area contributed by atoms with E-state index >= 15 is 0 Å². The number of carbonyl (C=O) groups excluding carboxylic acids is 1. The van der Waals surface area contributed by atoms with E-state index in [1.165, 1.54) is 12.1 Å². The summed E-state index contributed by atoms with van der Waals surface area (Å²) in [6.45, 7) is 0.227. The zero-order valence-electron chi connectivity index (χ0n) is 11.0. The van der Waals surface area contributed by atoms with E-state index in [0.29, 0.717) is 11.3 Å². The molecule has 2 rings (SSSR count). The van der Waals surface area contributed by atoms with Crippen LogP contribution in [0.2, 0.25) is 0 Å². The third-order valence-corrected chi connectivity index (χ3v) is 2.65. The number of carbonyl (C=O) groups is 1. The standard InChI is InChI=1S/C16H12F2N2O/c17-14-8-2-7-13(15(14)18)16(21)20-12-6-1-4-11(10-12)5-3-9-19/h1-2,4,6-8,10H,9,19H2,(H,20,21). The Bertz CT molecular complexity index is 733. The van der Waals surface area contributed by atoms with Crippen LogP contribution in [0.15, 0.2) is 42.5 Å². The van der Waals surface area contributed by atoms with Crippen molar-refractivity contribution in [2.24, 2.45) is 5.73 Å². The van der Waals surface area contributed by atoms with Crippen molar-refractivity contribution < 1.29 is 13.6 Å². The van der Waals surface area contributed by atoms with Crippen molar-refractivity contribution in [3.63, 3.8) is 0 Å². The van der Waals surface area contributed by atoms with Gasteiger partial charge in [0.1, 0.15) is 0 Å². The summed E-state index contributed by atoms with van der Waals surface area (Å²) in [6.07, 6.45) is 0. The van der Waals surface area contributed by atoms with Gasteiger partial charge in [0.15, 0.2) is 11.6 Å². The Hall–Kier alpha value is -2.71. The summed E-state index contributed by atoms with van der Waals surface area (Å²) >= 11 is 0. The first-order chi connectivity index (χ1) is 10.1. The lowest BCUT2D eigenvalue weighted by atomic mass is 10.1. The maximum absolute atomic E-state index is 13.5. The van der Waals surface area contributed by atoms with E-state index in [2.05, 4.69) is 17.2 Å². The first-order valence-electron chi connectivity index (χ1n) is 6.16. The molecule has 1 amide bonds. The molecule has 0 aliphatic heterocycles. The number of hydrogen-bond donors (Lipinski definition) is 2. The molecule has 0 heterocycles. The molecule has 2 aromatic rings. The van der Waals surface area contributed by atoms with E-state index in [4.69, 9.17) is 5.73 Å². The summed E-state index contributed by atoms with van der Waals surface area (Å²) in [7, 11) is 0. The number of rotatable bonds is 2. The molecule has 0 unspecified atom stereocenters. The fourth-order valence-electron chi connectivity index (χ4n) is 1.71. The fourth-order valence-corrected chi connectivity index (χ4v) is 1.71. The van der Waals surface area contributed by atoms with Crippen LogP contribution in [-0.4, -0.2) is 12.5 Å². The highest BCUT2D eigenvalue weighted by atomic mass is 19.2. The van der Waals surface area contributed by atoms with Crippen LogP contribution in [0, 0.1) is 23.5 Å². The molecule has 0 fully saturated rings. The molecule has 0 atom stereocenters. The van der Waals surface area contributed by atoms with Crippen LogP contribution in [0.5, 0.6) is 0 Å². The monoisotopic (exact) mass is 286 g/mol. The molecule has 0 spiro atoms. The van der Waals surface area contributed by atoms with Crippen molar-refractivity contribution in [3.8, 4) is 11.8 Å². The van der Waals surface area contributed by atoms with Gasteiger partial charge in [0.05, 0.1) is 12.1 Å². The van der Waals surface area contributed by atoms with Gasteiger partial charge in [-0.2, -0.15) is 0 Å². The van der Waals surface area contributed by atoms with Crippen molar-refractivity contribution in [2.45, 2.75) is 0 Å². The molecule has 0 aliphatic rings. The molecule has 3 N–H and O–H groups in total. The number of hydrogen-bond acceptors (Lipinski definition) is 2. The molecule has 0 bridgehead atoms. The summed E-state index contributed by atoms with van der Waals surface area (Å²) in [5.74, 6) is 2.54. The molecular formula is C16H12F2N2O. The number of halogens is 2. The van der Waals surface area contributed by atoms with Gasteiger partial charge in [0.2, 0.25) is 0 Å². The highest BCUT2D eigenvalue weighted by Gasteiger charge is 2.15. The highest BCUT2D eigenvalue weighted by Crippen LogP contribution is 2.15. The molecule has 21 heavy (non-hydrogen) atoms. The maximum atomic E-state index is 13.5. The van der Waals surface area contributed by atoms with Crippen molar-refractivity contribution in [1.82, 2.24) is 0 Å². The van der Waals surface area contributed by atoms with Crippen LogP contribution < -0.4 is 11.1 Å². The average Bonchev–Trinajstić information content (AvgIpc) is 2.48. The lowest BCUT2D eigenvalue weighted by Crippen LogP contribution is -2.14. The minimum absolute atomic E-state index is 0.227. The number of nitrogens with two attached hydrogens (primary N) is 1. The Morgan fingerprint density at radius 2 is 1.95 bits per heavy atom. The van der Waals surface area contributed by atoms with Gasteiger partial charge < -0.3 is 11.1 Å². The largest absolute Gasteiger partial charge is 0.322 e. The number of nitrogens with one attached hydrogen (secondary N) is 1. The zero-order valence-corrected chi connectivity index (χ0v) is 11.0. The van der Waals surface area contributed by atoms with Crippen LogP contribution in [0.25, 0.3) is 0 Å². The van der Waals surface area contributed by atoms with Crippen molar-refractivity contribution >= 4 is 11.6 Å². The van der Waals surface area contributed by atoms with E-state index in [0.717, 1.165) is 6.07 Å². The molecule has 0 saturated carbocycles. The lowest BCUT2D eigenvalue weighted by molar-refractivity contribution is 0.102. The predicted octanol–water partition coefficient (Wildman–Crippen LogP) is 2.53. The van der Waals surface area contributed by atoms with E-state index in [1.807, 2.05) is 0 Å². The van der Waals surface area contributed by atoms with Gasteiger partial charge in [-0.3, -0.25) is 4.79 Å². The molecule has 0 radical (unpaired) electrons. The molecule has 5 heteroatoms. The summed E-state index contributed by atoms with van der Waals surface area (Å²) in [5, 5.41) is 2.50. The maximum Gasteiger partial charge on any atom is 0.258 e. The Balaban J connectivity index is 2.22. The summed E-state index contributed by atoms with van der Waals surface area (Å²) in [4.78, 5) is 11.9. The number of amides is 1. The fraction of sp³-hybridized carbons (Fsp3) is 0.0625. The summed E-state index contributed by atoms with van der Waals surface area (Å²) in [6, 6.07) is 10.1. The van der Waals surface area contributed by atoms with E-state index in [-0.39, 0.29) is 12.1 Å². The van der Waals surface area contributed by atoms with Crippen molar-refractivity contribution in [2.75, 3.05) is 11.9 Å². The van der Waals surface area contributed by atoms with Crippen molar-refractivity contribution in [1.29, 1.82) is 0 Å². The van der Waals surface area contributed by atoms with Gasteiger partial charge in [-0.15, -0.1) is 0 Å². The molecular weight excluding hydrogens is 274 g/mol. The average molecular weight is 286 g/mol. The zero-order chi connectivity index (χ0) is 15.2. The predicted molar refractivity (Wildman–Crippen MR) is 76.7 cm³/mol. The van der Waals surface area contributed by atoms with Crippen LogP contribution in [-0.2, 0) is 0 Å². The molecule has 106 valence electrons. The normalized spacial score (nSPS) is 9.67. The van der Waals surface area contributed by atoms with Gasteiger partial charge in [-0.05, 0) is 30.3 Å². The third-order valence-electron chi connectivity index (χ3n) is 2.65. The minimum Gasteiger partial charge on any atom is -0.322 e. The Labute approximate surface area is 120 Å². The summed E-state index contributed by atoms with van der Waals surface area (Å²) in [5.41, 5.74) is 6.03. The Morgan fingerprint density at radius 1 is 1.19 bits per heavy atom. The SMILES string of the molecule is NCC#Cc1cccc(NC(=O)c2cccc(F)c2F)c1.